The van der Waals surface area contributed by atoms with E-state index in [9.17, 15) is 9.35 Å². The van der Waals surface area contributed by atoms with Crippen molar-refractivity contribution in [3.63, 3.8) is 0 Å². The van der Waals surface area contributed by atoms with Gasteiger partial charge in [-0.25, -0.2) is 4.98 Å². The topological polar surface area (TPSA) is 70.0 Å². The molecule has 0 saturated heterocycles. The Kier molecular flexibility index (Phi) is 4.65. The molecule has 0 fully saturated rings. The second-order valence-electron chi connectivity index (χ2n) is 6.63. The molecule has 1 heterocycles. The molecule has 0 spiro atoms. The number of aromatic nitrogens is 2. The van der Waals surface area contributed by atoms with E-state index < -0.39 is 11.4 Å². The van der Waals surface area contributed by atoms with Crippen molar-refractivity contribution in [3.8, 4) is 0 Å². The van der Waals surface area contributed by atoms with Gasteiger partial charge in [-0.2, -0.15) is 0 Å². The van der Waals surface area contributed by atoms with E-state index in [1.54, 1.807) is 7.05 Å². The number of fused-ring (bicyclic) bond motifs is 1. The zero-order valence-electron chi connectivity index (χ0n) is 13.9. The van der Waals surface area contributed by atoms with E-state index >= 15 is 0 Å². The van der Waals surface area contributed by atoms with E-state index in [2.05, 4.69) is 9.71 Å². The summed E-state index contributed by atoms with van der Waals surface area (Å²) in [5.41, 5.74) is 2.48. The minimum absolute atomic E-state index is 0.0703. The van der Waals surface area contributed by atoms with Crippen LogP contribution in [0.1, 0.15) is 44.9 Å². The molecular weight excluding hydrogens is 298 g/mol. The van der Waals surface area contributed by atoms with E-state index in [-0.39, 0.29) is 16.3 Å². The highest BCUT2D eigenvalue weighted by Crippen LogP contribution is 2.25. The van der Waals surface area contributed by atoms with Crippen LogP contribution >= 0.6 is 0 Å². The largest absolute Gasteiger partial charge is 0.598 e. The monoisotopic (exact) mass is 321 g/mol. The Hall–Kier alpha value is -1.37. The molecular formula is C16H23N3O2S. The highest BCUT2D eigenvalue weighted by molar-refractivity contribution is 7.90. The molecule has 6 heteroatoms. The van der Waals surface area contributed by atoms with Crippen molar-refractivity contribution in [2.24, 2.45) is 7.05 Å². The van der Waals surface area contributed by atoms with Gasteiger partial charge in [-0.1, -0.05) is 6.07 Å². The molecule has 2 atom stereocenters. The lowest BCUT2D eigenvalue weighted by molar-refractivity contribution is 0.531. The summed E-state index contributed by atoms with van der Waals surface area (Å²) in [7, 11) is 1.69. The van der Waals surface area contributed by atoms with Crippen LogP contribution in [0.15, 0.2) is 23.3 Å². The predicted octanol–water partition coefficient (Wildman–Crippen LogP) is 2.35. The van der Waals surface area contributed by atoms with Gasteiger partial charge in [0.1, 0.15) is 4.75 Å². The fourth-order valence-corrected chi connectivity index (χ4v) is 3.03. The molecule has 0 aliphatic carbocycles. The van der Waals surface area contributed by atoms with Gasteiger partial charge in [0.25, 0.3) is 5.56 Å². The van der Waals surface area contributed by atoms with Gasteiger partial charge in [0.05, 0.1) is 23.3 Å². The Balaban J connectivity index is 2.51. The van der Waals surface area contributed by atoms with Crippen LogP contribution in [0.25, 0.3) is 10.9 Å². The van der Waals surface area contributed by atoms with Crippen molar-refractivity contribution >= 4 is 22.3 Å². The van der Waals surface area contributed by atoms with Crippen molar-refractivity contribution in [2.75, 3.05) is 0 Å². The Bertz CT molecular complexity index is 749. The van der Waals surface area contributed by atoms with Gasteiger partial charge in [-0.05, 0) is 46.2 Å². The smallest absolute Gasteiger partial charge is 0.260 e. The number of benzene rings is 1. The number of rotatable bonds is 3. The van der Waals surface area contributed by atoms with Gasteiger partial charge in [0, 0.05) is 24.0 Å². The van der Waals surface area contributed by atoms with Crippen LogP contribution < -0.4 is 10.3 Å². The normalized spacial score (nSPS) is 15.0. The van der Waals surface area contributed by atoms with Crippen LogP contribution in [-0.4, -0.2) is 18.9 Å². The summed E-state index contributed by atoms with van der Waals surface area (Å²) in [6.45, 7) is 9.65. The molecule has 22 heavy (non-hydrogen) atoms. The molecule has 1 N–H and O–H groups in total. The number of aryl methyl sites for hydroxylation is 2. The van der Waals surface area contributed by atoms with Crippen molar-refractivity contribution in [1.29, 1.82) is 0 Å². The van der Waals surface area contributed by atoms with Crippen molar-refractivity contribution in [2.45, 2.75) is 45.4 Å². The predicted molar refractivity (Wildman–Crippen MR) is 91.2 cm³/mol. The van der Waals surface area contributed by atoms with Gasteiger partial charge < -0.3 is 9.12 Å². The average molecular weight is 321 g/mol. The Morgan fingerprint density at radius 3 is 2.59 bits per heavy atom. The molecule has 1 unspecified atom stereocenters. The maximum Gasteiger partial charge on any atom is 0.260 e. The van der Waals surface area contributed by atoms with E-state index in [1.165, 1.54) is 10.9 Å². The molecule has 0 aliphatic heterocycles. The SMILES string of the molecule is Cc1cc(C(C)N[S@+]([O-])C(C)(C)C)c2ncn(C)c(=O)c2c1. The van der Waals surface area contributed by atoms with E-state index in [0.29, 0.717) is 10.9 Å². The number of nitrogens with one attached hydrogen (secondary N) is 1. The lowest BCUT2D eigenvalue weighted by Gasteiger charge is -2.27. The number of nitrogens with zero attached hydrogens (tertiary/aromatic N) is 2. The van der Waals surface area contributed by atoms with Crippen LogP contribution in [0.4, 0.5) is 0 Å². The fourth-order valence-electron chi connectivity index (χ4n) is 2.23. The maximum absolute atomic E-state index is 12.3. The second-order valence-corrected chi connectivity index (χ2v) is 8.63. The van der Waals surface area contributed by atoms with Crippen LogP contribution in [0, 0.1) is 6.92 Å². The minimum atomic E-state index is -1.19. The number of hydrogen-bond donors (Lipinski definition) is 1. The summed E-state index contributed by atoms with van der Waals surface area (Å²) in [5.74, 6) is 0. The summed E-state index contributed by atoms with van der Waals surface area (Å²) in [5, 5.41) is 0.593. The van der Waals surface area contributed by atoms with Crippen molar-refractivity contribution in [3.05, 3.63) is 39.9 Å². The lowest BCUT2D eigenvalue weighted by atomic mass is 10.0. The average Bonchev–Trinajstić information content (AvgIpc) is 2.41. The molecule has 2 aromatic rings. The highest BCUT2D eigenvalue weighted by atomic mass is 32.2. The number of hydrogen-bond acceptors (Lipinski definition) is 4. The third kappa shape index (κ3) is 3.34. The minimum Gasteiger partial charge on any atom is -0.598 e. The fraction of sp³-hybridized carbons (Fsp3) is 0.500. The van der Waals surface area contributed by atoms with Gasteiger partial charge in [0.15, 0.2) is 0 Å². The van der Waals surface area contributed by atoms with E-state index in [4.69, 9.17) is 0 Å². The zero-order valence-corrected chi connectivity index (χ0v) is 14.7. The summed E-state index contributed by atoms with van der Waals surface area (Å²) < 4.78 is 16.5. The maximum atomic E-state index is 12.3. The molecule has 1 aromatic heterocycles. The Morgan fingerprint density at radius 1 is 1.36 bits per heavy atom. The van der Waals surface area contributed by atoms with Crippen LogP contribution in [-0.2, 0) is 18.4 Å². The van der Waals surface area contributed by atoms with Gasteiger partial charge in [-0.15, -0.1) is 4.72 Å². The molecule has 0 radical (unpaired) electrons. The van der Waals surface area contributed by atoms with Crippen molar-refractivity contribution in [1.82, 2.24) is 14.3 Å². The second kappa shape index (κ2) is 6.02. The van der Waals surface area contributed by atoms with Crippen LogP contribution in [0.5, 0.6) is 0 Å². The van der Waals surface area contributed by atoms with Crippen molar-refractivity contribution < 1.29 is 4.55 Å². The lowest BCUT2D eigenvalue weighted by Crippen LogP contribution is -2.40. The first-order valence-corrected chi connectivity index (χ1v) is 8.40. The van der Waals surface area contributed by atoms with Crippen LogP contribution in [0.2, 0.25) is 0 Å². The summed E-state index contributed by atoms with van der Waals surface area (Å²) >= 11 is -1.19. The van der Waals surface area contributed by atoms with Gasteiger partial charge in [-0.3, -0.25) is 4.79 Å². The molecule has 120 valence electrons. The molecule has 5 nitrogen and oxygen atoms in total. The first kappa shape index (κ1) is 17.0. The molecule has 0 saturated carbocycles. The Labute approximate surface area is 134 Å². The molecule has 2 rings (SSSR count). The third-order valence-electron chi connectivity index (χ3n) is 3.50. The molecule has 0 amide bonds. The van der Waals surface area contributed by atoms with E-state index in [0.717, 1.165) is 11.1 Å². The summed E-state index contributed by atoms with van der Waals surface area (Å²) in [4.78, 5) is 16.7. The molecule has 0 aliphatic rings. The van der Waals surface area contributed by atoms with Gasteiger partial charge in [0.2, 0.25) is 0 Å². The first-order chi connectivity index (χ1) is 10.1. The first-order valence-electron chi connectivity index (χ1n) is 7.25. The summed E-state index contributed by atoms with van der Waals surface area (Å²) in [6.07, 6.45) is 1.52. The third-order valence-corrected chi connectivity index (χ3v) is 5.18. The summed E-state index contributed by atoms with van der Waals surface area (Å²) in [6, 6.07) is 3.68. The van der Waals surface area contributed by atoms with Crippen LogP contribution in [0.3, 0.4) is 0 Å². The Morgan fingerprint density at radius 2 is 2.00 bits per heavy atom. The molecule has 1 aromatic carbocycles. The quantitative estimate of drug-likeness (QED) is 0.881. The standard InChI is InChI=1S/C16H23N3O2S/c1-10-7-12(11(2)18-22(21)16(3,4)5)14-13(8-10)15(20)19(6)9-17-14/h7-9,11,18H,1-6H3/t11?,22-/m1/s1. The zero-order chi connectivity index (χ0) is 16.7. The molecule has 0 bridgehead atoms. The highest BCUT2D eigenvalue weighted by Gasteiger charge is 2.29. The van der Waals surface area contributed by atoms with E-state index in [1.807, 2.05) is 46.8 Å². The van der Waals surface area contributed by atoms with Gasteiger partial charge >= 0.3 is 0 Å².